The molecule has 0 spiro atoms. The van der Waals surface area contributed by atoms with Crippen molar-refractivity contribution in [1.29, 1.82) is 0 Å². The third-order valence-corrected chi connectivity index (χ3v) is 4.74. The number of halogens is 1. The number of anilines is 3. The van der Waals surface area contributed by atoms with Crippen molar-refractivity contribution in [3.05, 3.63) is 77.0 Å². The summed E-state index contributed by atoms with van der Waals surface area (Å²) < 4.78 is 14.2. The van der Waals surface area contributed by atoms with Crippen molar-refractivity contribution < 1.29 is 14.0 Å². The zero-order chi connectivity index (χ0) is 21.8. The van der Waals surface area contributed by atoms with Gasteiger partial charge in [-0.15, -0.1) is 0 Å². The van der Waals surface area contributed by atoms with Crippen LogP contribution in [0.1, 0.15) is 29.2 Å². The largest absolute Gasteiger partial charge is 0.326 e. The molecule has 0 atom stereocenters. The van der Waals surface area contributed by atoms with Gasteiger partial charge in [-0.2, -0.15) is 0 Å². The molecule has 2 heterocycles. The Bertz CT molecular complexity index is 1090. The van der Waals surface area contributed by atoms with Gasteiger partial charge in [0.15, 0.2) is 5.82 Å². The minimum absolute atomic E-state index is 0.0411. The van der Waals surface area contributed by atoms with Gasteiger partial charge < -0.3 is 5.32 Å². The molecule has 0 aliphatic heterocycles. The van der Waals surface area contributed by atoms with E-state index in [0.29, 0.717) is 5.69 Å². The Morgan fingerprint density at radius 1 is 1.07 bits per heavy atom. The van der Waals surface area contributed by atoms with Crippen molar-refractivity contribution in [1.82, 2.24) is 9.97 Å². The summed E-state index contributed by atoms with van der Waals surface area (Å²) in [7, 11) is 0. The molecule has 0 saturated heterocycles. The molecule has 0 aliphatic carbocycles. The standard InChI is InChI=1S/C23H23FN4O2/c1-14-9-15(2)19(16(3)10-14)12-23(30)27-18-5-8-26-22(11-18)28(17(4)29)21-6-7-25-13-20(21)24/h5-11,13H,12H2,1-4H3,(H,26,27,30). The monoisotopic (exact) mass is 406 g/mol. The van der Waals surface area contributed by atoms with Gasteiger partial charge in [-0.05, 0) is 49.6 Å². The quantitative estimate of drug-likeness (QED) is 0.681. The highest BCUT2D eigenvalue weighted by molar-refractivity contribution is 5.99. The highest BCUT2D eigenvalue weighted by Gasteiger charge is 2.20. The van der Waals surface area contributed by atoms with Crippen LogP contribution < -0.4 is 10.2 Å². The summed E-state index contributed by atoms with van der Waals surface area (Å²) in [6, 6.07) is 8.65. The molecule has 0 bridgehead atoms. The van der Waals surface area contributed by atoms with E-state index in [-0.39, 0.29) is 23.8 Å². The van der Waals surface area contributed by atoms with Crippen LogP contribution in [0.4, 0.5) is 21.6 Å². The number of benzene rings is 1. The second kappa shape index (κ2) is 8.82. The number of hydrogen-bond acceptors (Lipinski definition) is 4. The van der Waals surface area contributed by atoms with Crippen LogP contribution in [-0.2, 0) is 16.0 Å². The number of aromatic nitrogens is 2. The second-order valence-corrected chi connectivity index (χ2v) is 7.19. The van der Waals surface area contributed by atoms with Crippen LogP contribution in [0.25, 0.3) is 0 Å². The Balaban J connectivity index is 1.84. The topological polar surface area (TPSA) is 75.2 Å². The van der Waals surface area contributed by atoms with Crippen LogP contribution >= 0.6 is 0 Å². The second-order valence-electron chi connectivity index (χ2n) is 7.19. The Morgan fingerprint density at radius 2 is 1.77 bits per heavy atom. The zero-order valence-electron chi connectivity index (χ0n) is 17.4. The van der Waals surface area contributed by atoms with E-state index in [1.807, 2.05) is 32.9 Å². The molecule has 1 aromatic carbocycles. The van der Waals surface area contributed by atoms with Gasteiger partial charge in [0, 0.05) is 31.1 Å². The lowest BCUT2D eigenvalue weighted by Crippen LogP contribution is -2.25. The SMILES string of the molecule is CC(=O)N(c1cc(NC(=O)Cc2c(C)cc(C)cc2C)ccn1)c1ccncc1F. The predicted octanol–water partition coefficient (Wildman–Crippen LogP) is 4.41. The Hall–Kier alpha value is -3.61. The average molecular weight is 406 g/mol. The summed E-state index contributed by atoms with van der Waals surface area (Å²) >= 11 is 0. The maximum absolute atomic E-state index is 14.2. The number of hydrogen-bond donors (Lipinski definition) is 1. The van der Waals surface area contributed by atoms with E-state index in [9.17, 15) is 14.0 Å². The molecule has 0 fully saturated rings. The summed E-state index contributed by atoms with van der Waals surface area (Å²) in [5, 5.41) is 2.84. The number of carbonyl (C=O) groups excluding carboxylic acids is 2. The molecular weight excluding hydrogens is 383 g/mol. The van der Waals surface area contributed by atoms with Crippen molar-refractivity contribution in [2.75, 3.05) is 10.2 Å². The van der Waals surface area contributed by atoms with Gasteiger partial charge in [-0.3, -0.25) is 19.5 Å². The molecule has 6 nitrogen and oxygen atoms in total. The Morgan fingerprint density at radius 3 is 2.40 bits per heavy atom. The van der Waals surface area contributed by atoms with Gasteiger partial charge in [-0.25, -0.2) is 9.37 Å². The van der Waals surface area contributed by atoms with E-state index >= 15 is 0 Å². The molecular formula is C23H23FN4O2. The van der Waals surface area contributed by atoms with E-state index in [0.717, 1.165) is 33.4 Å². The van der Waals surface area contributed by atoms with Crippen molar-refractivity contribution in [2.24, 2.45) is 0 Å². The first-order valence-electron chi connectivity index (χ1n) is 9.49. The Labute approximate surface area is 174 Å². The molecule has 0 aliphatic rings. The van der Waals surface area contributed by atoms with Crippen LogP contribution in [-0.4, -0.2) is 21.8 Å². The number of pyridine rings is 2. The number of nitrogens with one attached hydrogen (secondary N) is 1. The van der Waals surface area contributed by atoms with E-state index in [1.54, 1.807) is 6.07 Å². The van der Waals surface area contributed by atoms with Gasteiger partial charge >= 0.3 is 0 Å². The zero-order valence-corrected chi connectivity index (χ0v) is 17.4. The molecule has 1 N–H and O–H groups in total. The maximum Gasteiger partial charge on any atom is 0.229 e. The molecule has 2 amide bonds. The lowest BCUT2D eigenvalue weighted by molar-refractivity contribution is -0.116. The fourth-order valence-electron chi connectivity index (χ4n) is 3.48. The molecule has 0 radical (unpaired) electrons. The van der Waals surface area contributed by atoms with Gasteiger partial charge in [-0.1, -0.05) is 17.7 Å². The summed E-state index contributed by atoms with van der Waals surface area (Å²) in [4.78, 5) is 33.8. The first-order valence-corrected chi connectivity index (χ1v) is 9.49. The van der Waals surface area contributed by atoms with Crippen LogP contribution in [0.2, 0.25) is 0 Å². The van der Waals surface area contributed by atoms with Crippen molar-refractivity contribution in [3.63, 3.8) is 0 Å². The summed E-state index contributed by atoms with van der Waals surface area (Å²) in [5.41, 5.74) is 4.77. The van der Waals surface area contributed by atoms with Crippen molar-refractivity contribution >= 4 is 29.0 Å². The fourth-order valence-corrected chi connectivity index (χ4v) is 3.48. The van der Waals surface area contributed by atoms with E-state index in [1.165, 1.54) is 31.5 Å². The van der Waals surface area contributed by atoms with Gasteiger partial charge in [0.2, 0.25) is 11.8 Å². The first kappa shape index (κ1) is 21.1. The van der Waals surface area contributed by atoms with Crippen LogP contribution in [0.5, 0.6) is 0 Å². The summed E-state index contributed by atoms with van der Waals surface area (Å²) in [6.07, 6.45) is 4.11. The summed E-state index contributed by atoms with van der Waals surface area (Å²) in [5.74, 6) is -1.05. The predicted molar refractivity (Wildman–Crippen MR) is 114 cm³/mol. The molecule has 7 heteroatoms. The summed E-state index contributed by atoms with van der Waals surface area (Å²) in [6.45, 7) is 7.31. The normalized spacial score (nSPS) is 10.6. The maximum atomic E-state index is 14.2. The third kappa shape index (κ3) is 4.68. The third-order valence-electron chi connectivity index (χ3n) is 4.74. The van der Waals surface area contributed by atoms with Crippen molar-refractivity contribution in [2.45, 2.75) is 34.1 Å². The first-order chi connectivity index (χ1) is 14.3. The lowest BCUT2D eigenvalue weighted by atomic mass is 9.97. The number of aryl methyl sites for hydroxylation is 3. The minimum Gasteiger partial charge on any atom is -0.326 e. The van der Waals surface area contributed by atoms with Crippen LogP contribution in [0.3, 0.4) is 0 Å². The van der Waals surface area contributed by atoms with Crippen LogP contribution in [0, 0.1) is 26.6 Å². The van der Waals surface area contributed by atoms with Gasteiger partial charge in [0.1, 0.15) is 5.82 Å². The van der Waals surface area contributed by atoms with Gasteiger partial charge in [0.05, 0.1) is 18.3 Å². The van der Waals surface area contributed by atoms with E-state index in [2.05, 4.69) is 15.3 Å². The fraction of sp³-hybridized carbons (Fsp3) is 0.217. The van der Waals surface area contributed by atoms with E-state index < -0.39 is 11.7 Å². The van der Waals surface area contributed by atoms with Crippen molar-refractivity contribution in [3.8, 4) is 0 Å². The molecule has 0 saturated carbocycles. The highest BCUT2D eigenvalue weighted by atomic mass is 19.1. The molecule has 0 unspecified atom stereocenters. The number of rotatable bonds is 5. The Kier molecular flexibility index (Phi) is 6.20. The molecule has 154 valence electrons. The number of nitrogens with zero attached hydrogens (tertiary/aromatic N) is 3. The molecule has 30 heavy (non-hydrogen) atoms. The molecule has 3 rings (SSSR count). The number of amides is 2. The van der Waals surface area contributed by atoms with Crippen LogP contribution in [0.15, 0.2) is 48.9 Å². The highest BCUT2D eigenvalue weighted by Crippen LogP contribution is 2.27. The molecule has 3 aromatic rings. The smallest absolute Gasteiger partial charge is 0.229 e. The lowest BCUT2D eigenvalue weighted by Gasteiger charge is -2.21. The molecule has 2 aromatic heterocycles. The average Bonchev–Trinajstić information content (AvgIpc) is 2.66. The van der Waals surface area contributed by atoms with E-state index in [4.69, 9.17) is 0 Å². The van der Waals surface area contributed by atoms with Gasteiger partial charge in [0.25, 0.3) is 0 Å². The number of carbonyl (C=O) groups is 2. The minimum atomic E-state index is -0.644.